The Morgan fingerprint density at radius 2 is 1.39 bits per heavy atom. The molecule has 0 amide bonds. The molecule has 2 aromatic rings. The predicted octanol–water partition coefficient (Wildman–Crippen LogP) is 0.294. The van der Waals surface area contributed by atoms with Gasteiger partial charge in [0.2, 0.25) is 0 Å². The summed E-state index contributed by atoms with van der Waals surface area (Å²) in [4.78, 5) is 26.2. The lowest BCUT2D eigenvalue weighted by Gasteiger charge is -2.38. The maximum atomic E-state index is 13.1. The van der Waals surface area contributed by atoms with Crippen molar-refractivity contribution in [2.24, 2.45) is 0 Å². The topological polar surface area (TPSA) is 73.4 Å². The van der Waals surface area contributed by atoms with Gasteiger partial charge in [0.05, 0.1) is 12.1 Å². The van der Waals surface area contributed by atoms with Gasteiger partial charge in [0.1, 0.15) is 0 Å². The minimum Gasteiger partial charge on any atom is -0.305 e. The molecule has 2 unspecified atom stereocenters. The normalized spacial score (nSPS) is 24.1. The lowest BCUT2D eigenvalue weighted by molar-refractivity contribution is -0.125. The minimum atomic E-state index is -0.124. The molecule has 4 rings (SSSR count). The van der Waals surface area contributed by atoms with Crippen molar-refractivity contribution in [2.75, 3.05) is 39.3 Å². The fourth-order valence-electron chi connectivity index (χ4n) is 4.03. The molecule has 0 spiro atoms. The summed E-state index contributed by atoms with van der Waals surface area (Å²) in [6.45, 7) is 6.73. The van der Waals surface area contributed by atoms with E-state index >= 15 is 0 Å². The summed E-state index contributed by atoms with van der Waals surface area (Å²) in [7, 11) is 0. The Kier molecular flexibility index (Phi) is 6.38. The second-order valence-corrected chi connectivity index (χ2v) is 7.61. The second kappa shape index (κ2) is 9.34. The Labute approximate surface area is 166 Å². The fourth-order valence-corrected chi connectivity index (χ4v) is 4.03. The number of nitrogens with one attached hydrogen (secondary N) is 2. The number of hydrogen-bond acceptors (Lipinski definition) is 7. The number of pyridine rings is 2. The Morgan fingerprint density at radius 1 is 0.893 bits per heavy atom. The minimum absolute atomic E-state index is 0.124. The first kappa shape index (κ1) is 19.1. The number of carbonyl (C=O) groups excluding carboxylic acids is 1. The number of Topliss-reactive ketones (excluding diaryl/α,β-unsaturated/α-hetero) is 1. The van der Waals surface area contributed by atoms with E-state index in [-0.39, 0.29) is 17.9 Å². The molecule has 0 bridgehead atoms. The highest BCUT2D eigenvalue weighted by atomic mass is 16.1. The smallest absolute Gasteiger partial charge is 0.169 e. The van der Waals surface area contributed by atoms with Crippen LogP contribution in [-0.4, -0.2) is 76.9 Å². The molecule has 2 saturated heterocycles. The first-order chi connectivity index (χ1) is 13.8. The van der Waals surface area contributed by atoms with Crippen molar-refractivity contribution in [3.05, 3.63) is 60.2 Å². The zero-order valence-electron chi connectivity index (χ0n) is 16.1. The molecule has 2 aliphatic heterocycles. The zero-order chi connectivity index (χ0) is 19.2. The highest BCUT2D eigenvalue weighted by Crippen LogP contribution is 2.11. The third kappa shape index (κ3) is 4.99. The summed E-state index contributed by atoms with van der Waals surface area (Å²) in [6.07, 6.45) is 7.38. The van der Waals surface area contributed by atoms with Crippen molar-refractivity contribution < 1.29 is 4.79 Å². The average molecular weight is 380 g/mol. The third-order valence-corrected chi connectivity index (χ3v) is 5.46. The van der Waals surface area contributed by atoms with Crippen molar-refractivity contribution in [1.29, 1.82) is 0 Å². The fraction of sp³-hybridized carbons (Fsp3) is 0.476. The molecule has 0 aromatic carbocycles. The van der Waals surface area contributed by atoms with Crippen LogP contribution in [0.15, 0.2) is 49.1 Å². The van der Waals surface area contributed by atoms with Crippen LogP contribution in [0.25, 0.3) is 0 Å². The van der Waals surface area contributed by atoms with Gasteiger partial charge >= 0.3 is 0 Å². The van der Waals surface area contributed by atoms with Crippen molar-refractivity contribution in [3.8, 4) is 0 Å². The molecule has 7 nitrogen and oxygen atoms in total. The Balaban J connectivity index is 1.32. The van der Waals surface area contributed by atoms with E-state index in [0.29, 0.717) is 0 Å². The monoisotopic (exact) mass is 380 g/mol. The molecule has 0 saturated carbocycles. The van der Waals surface area contributed by atoms with Crippen LogP contribution in [0.5, 0.6) is 0 Å². The predicted molar refractivity (Wildman–Crippen MR) is 108 cm³/mol. The number of carbonyl (C=O) groups is 1. The van der Waals surface area contributed by atoms with Gasteiger partial charge in [-0.25, -0.2) is 0 Å². The highest BCUT2D eigenvalue weighted by Gasteiger charge is 2.33. The maximum Gasteiger partial charge on any atom is 0.169 e. The van der Waals surface area contributed by atoms with Crippen molar-refractivity contribution in [3.63, 3.8) is 0 Å². The van der Waals surface area contributed by atoms with Crippen LogP contribution in [0.2, 0.25) is 0 Å². The zero-order valence-corrected chi connectivity index (χ0v) is 16.1. The molecule has 0 aliphatic carbocycles. The van der Waals surface area contributed by atoms with Crippen molar-refractivity contribution in [2.45, 2.75) is 25.2 Å². The molecule has 2 N–H and O–H groups in total. The molecule has 2 atom stereocenters. The number of piperazine rings is 2. The molecule has 2 aliphatic rings. The van der Waals surface area contributed by atoms with Crippen LogP contribution in [0.4, 0.5) is 0 Å². The van der Waals surface area contributed by atoms with E-state index in [0.717, 1.165) is 52.4 Å². The van der Waals surface area contributed by atoms with Crippen LogP contribution < -0.4 is 10.6 Å². The van der Waals surface area contributed by atoms with Gasteiger partial charge in [0.15, 0.2) is 5.78 Å². The van der Waals surface area contributed by atoms with Gasteiger partial charge in [-0.2, -0.15) is 0 Å². The van der Waals surface area contributed by atoms with E-state index in [1.807, 2.05) is 24.5 Å². The van der Waals surface area contributed by atoms with E-state index in [2.05, 4.69) is 42.5 Å². The Morgan fingerprint density at radius 3 is 1.82 bits per heavy atom. The van der Waals surface area contributed by atoms with Gasteiger partial charge in [-0.05, 0) is 23.3 Å². The summed E-state index contributed by atoms with van der Waals surface area (Å²) in [5.41, 5.74) is 2.38. The Bertz CT molecular complexity index is 693. The van der Waals surface area contributed by atoms with Crippen LogP contribution >= 0.6 is 0 Å². The number of hydrogen-bond donors (Lipinski definition) is 2. The summed E-state index contributed by atoms with van der Waals surface area (Å²) in [6, 6.07) is 7.85. The van der Waals surface area contributed by atoms with E-state index in [9.17, 15) is 4.79 Å². The lowest BCUT2D eigenvalue weighted by Crippen LogP contribution is -2.62. The lowest BCUT2D eigenvalue weighted by atomic mass is 10.0. The van der Waals surface area contributed by atoms with E-state index in [1.165, 1.54) is 11.1 Å². The van der Waals surface area contributed by atoms with Gasteiger partial charge in [-0.3, -0.25) is 24.6 Å². The first-order valence-electron chi connectivity index (χ1n) is 10.0. The van der Waals surface area contributed by atoms with Crippen LogP contribution in [-0.2, 0) is 17.9 Å². The quantitative estimate of drug-likeness (QED) is 0.746. The highest BCUT2D eigenvalue weighted by molar-refractivity contribution is 5.89. The third-order valence-electron chi connectivity index (χ3n) is 5.46. The summed E-state index contributed by atoms with van der Waals surface area (Å²) >= 11 is 0. The SMILES string of the molecule is O=C(C1CN(Cc2cccnc2)CCN1)C1CN(Cc2cccnc2)CCN1. The largest absolute Gasteiger partial charge is 0.305 e. The number of aromatic nitrogens is 2. The second-order valence-electron chi connectivity index (χ2n) is 7.61. The van der Waals surface area contributed by atoms with Crippen LogP contribution in [0, 0.1) is 0 Å². The molecule has 28 heavy (non-hydrogen) atoms. The number of ketones is 1. The molecule has 148 valence electrons. The van der Waals surface area contributed by atoms with Gasteiger partial charge in [-0.1, -0.05) is 12.1 Å². The van der Waals surface area contributed by atoms with E-state index in [4.69, 9.17) is 0 Å². The molecular weight excluding hydrogens is 352 g/mol. The van der Waals surface area contributed by atoms with Crippen molar-refractivity contribution >= 4 is 5.78 Å². The number of nitrogens with zero attached hydrogens (tertiary/aromatic N) is 4. The standard InChI is InChI=1S/C21H28N6O/c28-21(19-15-26(9-7-24-19)13-17-3-1-5-22-11-17)20-16-27(10-8-25-20)14-18-4-2-6-23-12-18/h1-6,11-12,19-20,24-25H,7-10,13-16H2. The van der Waals surface area contributed by atoms with E-state index in [1.54, 1.807) is 12.4 Å². The molecular formula is C21H28N6O. The van der Waals surface area contributed by atoms with Crippen LogP contribution in [0.3, 0.4) is 0 Å². The molecule has 7 heteroatoms. The van der Waals surface area contributed by atoms with Gasteiger partial charge in [0, 0.05) is 77.1 Å². The summed E-state index contributed by atoms with van der Waals surface area (Å²) in [5.74, 6) is 0.270. The molecule has 4 heterocycles. The molecule has 2 fully saturated rings. The summed E-state index contributed by atoms with van der Waals surface area (Å²) in [5, 5.41) is 6.84. The van der Waals surface area contributed by atoms with Gasteiger partial charge in [-0.15, -0.1) is 0 Å². The summed E-state index contributed by atoms with van der Waals surface area (Å²) < 4.78 is 0. The van der Waals surface area contributed by atoms with Crippen LogP contribution in [0.1, 0.15) is 11.1 Å². The van der Waals surface area contributed by atoms with Gasteiger partial charge < -0.3 is 10.6 Å². The molecule has 2 aromatic heterocycles. The van der Waals surface area contributed by atoms with Crippen molar-refractivity contribution in [1.82, 2.24) is 30.4 Å². The molecule has 0 radical (unpaired) electrons. The van der Waals surface area contributed by atoms with E-state index < -0.39 is 0 Å². The number of rotatable bonds is 6. The maximum absolute atomic E-state index is 13.1. The Hall–Kier alpha value is -2.19. The van der Waals surface area contributed by atoms with Gasteiger partial charge in [0.25, 0.3) is 0 Å². The average Bonchev–Trinajstić information content (AvgIpc) is 2.75. The first-order valence-corrected chi connectivity index (χ1v) is 10.0.